The largest absolute Gasteiger partial charge is 0.493 e. The molecule has 10 heteroatoms. The monoisotopic (exact) mass is 550 g/mol. The van der Waals surface area contributed by atoms with Crippen LogP contribution in [0.5, 0.6) is 5.75 Å². The summed E-state index contributed by atoms with van der Waals surface area (Å²) in [5.74, 6) is 0.598. The van der Waals surface area contributed by atoms with Gasteiger partial charge in [0, 0.05) is 50.5 Å². The van der Waals surface area contributed by atoms with E-state index in [-0.39, 0.29) is 36.9 Å². The lowest BCUT2D eigenvalue weighted by Crippen LogP contribution is -2.45. The number of ether oxygens (including phenoxy) is 1. The molecule has 214 valence electrons. The van der Waals surface area contributed by atoms with Gasteiger partial charge in [-0.25, -0.2) is 13.1 Å². The van der Waals surface area contributed by atoms with Crippen LogP contribution in [0.4, 0.5) is 0 Å². The van der Waals surface area contributed by atoms with Crippen molar-refractivity contribution >= 4 is 22.2 Å². The number of rotatable bonds is 16. The zero-order chi connectivity index (χ0) is 27.7. The van der Waals surface area contributed by atoms with Gasteiger partial charge in [-0.3, -0.25) is 9.69 Å². The molecule has 2 aliphatic heterocycles. The third-order valence-electron chi connectivity index (χ3n) is 7.67. The molecule has 38 heavy (non-hydrogen) atoms. The number of nitrogens with one attached hydrogen (secondary N) is 1. The van der Waals surface area contributed by atoms with Crippen LogP contribution in [-0.4, -0.2) is 108 Å². The number of hydrogen-bond donors (Lipinski definition) is 1. The van der Waals surface area contributed by atoms with E-state index in [0.29, 0.717) is 19.6 Å². The van der Waals surface area contributed by atoms with Gasteiger partial charge in [0.15, 0.2) is 0 Å². The number of likely N-dealkylation sites (tertiary alicyclic amines) is 1. The van der Waals surface area contributed by atoms with Crippen molar-refractivity contribution < 1.29 is 22.7 Å². The number of aldehydes is 1. The van der Waals surface area contributed by atoms with Crippen LogP contribution in [-0.2, 0) is 26.0 Å². The summed E-state index contributed by atoms with van der Waals surface area (Å²) < 4.78 is 31.6. The molecule has 2 heterocycles. The Hall–Kier alpha value is -2.01. The van der Waals surface area contributed by atoms with Crippen molar-refractivity contribution in [3.05, 3.63) is 29.3 Å². The van der Waals surface area contributed by atoms with Crippen molar-refractivity contribution in [1.29, 1.82) is 0 Å². The molecule has 1 aromatic rings. The molecule has 3 rings (SSSR count). The van der Waals surface area contributed by atoms with Crippen molar-refractivity contribution in [2.75, 3.05) is 66.2 Å². The number of fused-ring (bicyclic) bond motifs is 1. The average Bonchev–Trinajstić information content (AvgIpc) is 3.46. The molecule has 2 aliphatic rings. The molecule has 0 radical (unpaired) electrons. The van der Waals surface area contributed by atoms with E-state index < -0.39 is 10.0 Å². The molecule has 0 aliphatic carbocycles. The molecule has 1 amide bonds. The minimum atomic E-state index is -3.35. The first-order valence-corrected chi connectivity index (χ1v) is 15.8. The summed E-state index contributed by atoms with van der Waals surface area (Å²) in [7, 11) is 0.766. The van der Waals surface area contributed by atoms with Gasteiger partial charge >= 0.3 is 0 Å². The SMILES string of the molecule is CCCCN(CCCCN(C)C)C(=O)CN1C[C@H](c2ccc3c(c2)CCO3)[C@@H](C=O)[C@@H]1CCNS(C)(=O)=O. The van der Waals surface area contributed by atoms with Crippen LogP contribution in [0, 0.1) is 5.92 Å². The number of amides is 1. The number of nitrogens with zero attached hydrogens (tertiary/aromatic N) is 3. The molecule has 0 unspecified atom stereocenters. The van der Waals surface area contributed by atoms with Crippen molar-refractivity contribution in [3.63, 3.8) is 0 Å². The van der Waals surface area contributed by atoms with E-state index in [4.69, 9.17) is 4.74 Å². The summed E-state index contributed by atoms with van der Waals surface area (Å²) in [6.07, 6.45) is 7.41. The van der Waals surface area contributed by atoms with E-state index in [1.165, 1.54) is 0 Å². The molecule has 0 aromatic heterocycles. The first kappa shape index (κ1) is 30.5. The predicted molar refractivity (Wildman–Crippen MR) is 150 cm³/mol. The normalized spacial score (nSPS) is 21.4. The number of hydrogen-bond acceptors (Lipinski definition) is 7. The van der Waals surface area contributed by atoms with Gasteiger partial charge in [0.2, 0.25) is 15.9 Å². The van der Waals surface area contributed by atoms with Gasteiger partial charge in [0.25, 0.3) is 0 Å². The standard InChI is InChI=1S/C28H46N4O5S/c1-5-6-15-31(16-8-7-14-30(2)3)28(34)20-32-19-24(22-9-10-27-23(18-22)12-17-37-27)25(21-33)26(32)11-13-29-38(4,35)36/h9-10,18,21,24-26,29H,5-8,11-17,19-20H2,1-4H3/t24-,25-,26+/m1/s1. The second kappa shape index (κ2) is 14.4. The second-order valence-corrected chi connectivity index (χ2v) is 12.8. The highest BCUT2D eigenvalue weighted by Gasteiger charge is 2.43. The van der Waals surface area contributed by atoms with Crippen molar-refractivity contribution in [3.8, 4) is 5.75 Å². The number of benzene rings is 1. The maximum absolute atomic E-state index is 13.6. The lowest BCUT2D eigenvalue weighted by molar-refractivity contribution is -0.133. The maximum Gasteiger partial charge on any atom is 0.236 e. The van der Waals surface area contributed by atoms with E-state index in [0.717, 1.165) is 81.2 Å². The van der Waals surface area contributed by atoms with Gasteiger partial charge in [-0.05, 0) is 63.5 Å². The Morgan fingerprint density at radius 1 is 1.18 bits per heavy atom. The molecule has 9 nitrogen and oxygen atoms in total. The third-order valence-corrected chi connectivity index (χ3v) is 8.40. The second-order valence-electron chi connectivity index (χ2n) is 11.0. The highest BCUT2D eigenvalue weighted by Crippen LogP contribution is 2.39. The van der Waals surface area contributed by atoms with E-state index in [2.05, 4.69) is 41.6 Å². The average molecular weight is 551 g/mol. The van der Waals surface area contributed by atoms with Gasteiger partial charge < -0.3 is 19.3 Å². The molecule has 3 atom stereocenters. The fraction of sp³-hybridized carbons (Fsp3) is 0.714. The molecule has 0 bridgehead atoms. The summed E-state index contributed by atoms with van der Waals surface area (Å²) in [6.45, 7) is 6.29. The summed E-state index contributed by atoms with van der Waals surface area (Å²) in [4.78, 5) is 32.2. The molecule has 0 saturated carbocycles. The van der Waals surface area contributed by atoms with Crippen LogP contribution >= 0.6 is 0 Å². The van der Waals surface area contributed by atoms with Crippen LogP contribution < -0.4 is 9.46 Å². The highest BCUT2D eigenvalue weighted by atomic mass is 32.2. The number of carbonyl (C=O) groups is 2. The van der Waals surface area contributed by atoms with Crippen LogP contribution in [0.1, 0.15) is 56.1 Å². The summed E-state index contributed by atoms with van der Waals surface area (Å²) >= 11 is 0. The van der Waals surface area contributed by atoms with Crippen LogP contribution in [0.2, 0.25) is 0 Å². The van der Waals surface area contributed by atoms with Gasteiger partial charge in [0.1, 0.15) is 12.0 Å². The third kappa shape index (κ3) is 8.76. The Morgan fingerprint density at radius 2 is 1.92 bits per heavy atom. The zero-order valence-corrected chi connectivity index (χ0v) is 24.3. The maximum atomic E-state index is 13.6. The van der Waals surface area contributed by atoms with Gasteiger partial charge in [-0.2, -0.15) is 0 Å². The Morgan fingerprint density at radius 3 is 2.61 bits per heavy atom. The first-order valence-electron chi connectivity index (χ1n) is 13.9. The number of carbonyl (C=O) groups excluding carboxylic acids is 2. The van der Waals surface area contributed by atoms with Gasteiger partial charge in [-0.15, -0.1) is 0 Å². The van der Waals surface area contributed by atoms with Crippen LogP contribution in [0.25, 0.3) is 0 Å². The smallest absolute Gasteiger partial charge is 0.236 e. The van der Waals surface area contributed by atoms with E-state index in [9.17, 15) is 18.0 Å². The Kier molecular flexibility index (Phi) is 11.6. The highest BCUT2D eigenvalue weighted by molar-refractivity contribution is 7.88. The number of sulfonamides is 1. The zero-order valence-electron chi connectivity index (χ0n) is 23.5. The number of unbranched alkanes of at least 4 members (excludes halogenated alkanes) is 2. The fourth-order valence-electron chi connectivity index (χ4n) is 5.64. The summed E-state index contributed by atoms with van der Waals surface area (Å²) in [6, 6.07) is 5.93. The topological polar surface area (TPSA) is 99.3 Å². The van der Waals surface area contributed by atoms with Gasteiger partial charge in [-0.1, -0.05) is 25.5 Å². The molecule has 1 fully saturated rings. The summed E-state index contributed by atoms with van der Waals surface area (Å²) in [5, 5.41) is 0. The first-order chi connectivity index (χ1) is 18.1. The quantitative estimate of drug-likeness (QED) is 0.249. The molecular formula is C28H46N4O5S. The van der Waals surface area contributed by atoms with E-state index in [1.54, 1.807) is 0 Å². The lowest BCUT2D eigenvalue weighted by atomic mass is 9.84. The molecule has 0 spiro atoms. The molecular weight excluding hydrogens is 504 g/mol. The van der Waals surface area contributed by atoms with Crippen LogP contribution in [0.15, 0.2) is 18.2 Å². The molecule has 1 aromatic carbocycles. The minimum absolute atomic E-state index is 0.0568. The molecule has 1 N–H and O–H groups in total. The van der Waals surface area contributed by atoms with E-state index in [1.807, 2.05) is 17.0 Å². The summed E-state index contributed by atoms with van der Waals surface area (Å²) in [5.41, 5.74) is 2.23. The predicted octanol–water partition coefficient (Wildman–Crippen LogP) is 2.11. The Balaban J connectivity index is 1.77. The van der Waals surface area contributed by atoms with Crippen LogP contribution in [0.3, 0.4) is 0 Å². The minimum Gasteiger partial charge on any atom is -0.493 e. The Bertz CT molecular complexity index is 1030. The fourth-order valence-corrected chi connectivity index (χ4v) is 6.12. The van der Waals surface area contributed by atoms with E-state index >= 15 is 0 Å². The van der Waals surface area contributed by atoms with Crippen molar-refractivity contribution in [2.45, 2.75) is 57.4 Å². The van der Waals surface area contributed by atoms with Crippen molar-refractivity contribution in [2.24, 2.45) is 5.92 Å². The van der Waals surface area contributed by atoms with Crippen molar-refractivity contribution in [1.82, 2.24) is 19.4 Å². The van der Waals surface area contributed by atoms with Gasteiger partial charge in [0.05, 0.1) is 19.4 Å². The molecule has 1 saturated heterocycles. The Labute approximate surface area is 228 Å². The lowest BCUT2D eigenvalue weighted by Gasteiger charge is -2.29.